The number of allylic oxidation sites excluding steroid dienone is 5. The second-order valence-corrected chi connectivity index (χ2v) is 6.05. The molecule has 0 atom stereocenters. The van der Waals surface area contributed by atoms with Crippen LogP contribution in [0.2, 0.25) is 0 Å². The van der Waals surface area contributed by atoms with E-state index in [0.29, 0.717) is 5.56 Å². The van der Waals surface area contributed by atoms with Gasteiger partial charge in [0.05, 0.1) is 0 Å². The maximum Gasteiger partial charge on any atom is 0.265 e. The van der Waals surface area contributed by atoms with Gasteiger partial charge in [0, 0.05) is 10.0 Å². The van der Waals surface area contributed by atoms with Crippen molar-refractivity contribution in [2.24, 2.45) is 5.73 Å². The molecule has 0 heterocycles. The largest absolute Gasteiger partial charge is 0.364 e. The van der Waals surface area contributed by atoms with Crippen molar-refractivity contribution in [1.82, 2.24) is 5.32 Å². The summed E-state index contributed by atoms with van der Waals surface area (Å²) in [5.41, 5.74) is 8.18. The van der Waals surface area contributed by atoms with Crippen molar-refractivity contribution in [3.63, 3.8) is 0 Å². The number of rotatable bonds is 4. The molecule has 0 saturated heterocycles. The molecule has 1 aliphatic carbocycles. The molecule has 1 aromatic carbocycles. The molecule has 0 radical (unpaired) electrons. The molecule has 2 amide bonds. The molecule has 0 fully saturated rings. The summed E-state index contributed by atoms with van der Waals surface area (Å²) in [6.45, 7) is 2.06. The molecular weight excluding hydrogens is 344 g/mol. The monoisotopic (exact) mass is 360 g/mol. The van der Waals surface area contributed by atoms with Crippen molar-refractivity contribution in [3.05, 3.63) is 69.4 Å². The number of carbonyl (C=O) groups excluding carboxylic acids is 2. The van der Waals surface area contributed by atoms with Gasteiger partial charge in [0.1, 0.15) is 5.70 Å². The fraction of sp³-hybridized carbons (Fsp3) is 0.176. The van der Waals surface area contributed by atoms with Gasteiger partial charge < -0.3 is 11.1 Å². The number of hydrogen-bond donors (Lipinski definition) is 2. The first-order valence-corrected chi connectivity index (χ1v) is 7.70. The summed E-state index contributed by atoms with van der Waals surface area (Å²) in [5.74, 6) is -1.02. The Hall–Kier alpha value is -2.14. The van der Waals surface area contributed by atoms with Gasteiger partial charge in [-0.15, -0.1) is 0 Å². The van der Waals surface area contributed by atoms with E-state index in [9.17, 15) is 9.59 Å². The maximum atomic E-state index is 12.2. The zero-order valence-corrected chi connectivity index (χ0v) is 13.8. The van der Waals surface area contributed by atoms with Gasteiger partial charge in [0.25, 0.3) is 11.8 Å². The van der Waals surface area contributed by atoms with Crippen LogP contribution in [0.4, 0.5) is 0 Å². The van der Waals surface area contributed by atoms with Crippen LogP contribution in [0.25, 0.3) is 0 Å². The molecule has 0 aliphatic heterocycles. The molecule has 2 rings (SSSR count). The molecule has 1 aromatic rings. The van der Waals surface area contributed by atoms with E-state index in [1.165, 1.54) is 5.57 Å². The summed E-state index contributed by atoms with van der Waals surface area (Å²) < 4.78 is 0.879. The molecule has 114 valence electrons. The average Bonchev–Trinajstić information content (AvgIpc) is 2.49. The number of nitrogens with one attached hydrogen (secondary N) is 1. The third-order valence-corrected chi connectivity index (χ3v) is 3.87. The molecule has 0 spiro atoms. The van der Waals surface area contributed by atoms with Gasteiger partial charge in [-0.2, -0.15) is 0 Å². The maximum absolute atomic E-state index is 12.2. The topological polar surface area (TPSA) is 72.2 Å². The Morgan fingerprint density at radius 3 is 2.41 bits per heavy atom. The number of carbonyl (C=O) groups is 2. The van der Waals surface area contributed by atoms with Crippen LogP contribution < -0.4 is 11.1 Å². The molecule has 5 heteroatoms. The highest BCUT2D eigenvalue weighted by molar-refractivity contribution is 9.10. The molecule has 0 unspecified atom stereocenters. The molecule has 22 heavy (non-hydrogen) atoms. The highest BCUT2D eigenvalue weighted by Gasteiger charge is 2.13. The summed E-state index contributed by atoms with van der Waals surface area (Å²) >= 11 is 3.31. The van der Waals surface area contributed by atoms with Gasteiger partial charge in [-0.25, -0.2) is 0 Å². The molecule has 3 N–H and O–H groups in total. The van der Waals surface area contributed by atoms with Crippen LogP contribution in [0.15, 0.2) is 63.8 Å². The fourth-order valence-electron chi connectivity index (χ4n) is 2.03. The summed E-state index contributed by atoms with van der Waals surface area (Å²) in [4.78, 5) is 23.7. The lowest BCUT2D eigenvalue weighted by Gasteiger charge is -2.11. The van der Waals surface area contributed by atoms with Gasteiger partial charge in [0.15, 0.2) is 0 Å². The second kappa shape index (κ2) is 7.22. The summed E-state index contributed by atoms with van der Waals surface area (Å²) in [6, 6.07) is 6.87. The predicted octanol–water partition coefficient (Wildman–Crippen LogP) is 3.21. The minimum Gasteiger partial charge on any atom is -0.364 e. The Bertz CT molecular complexity index is 685. The summed E-state index contributed by atoms with van der Waals surface area (Å²) in [6.07, 6.45) is 7.35. The smallest absolute Gasteiger partial charge is 0.265 e. The molecular formula is C17H17BrN2O2. The predicted molar refractivity (Wildman–Crippen MR) is 90.0 cm³/mol. The van der Waals surface area contributed by atoms with Crippen molar-refractivity contribution in [3.8, 4) is 0 Å². The van der Waals surface area contributed by atoms with Crippen LogP contribution in [0, 0.1) is 0 Å². The first-order chi connectivity index (χ1) is 10.5. The van der Waals surface area contributed by atoms with E-state index in [0.717, 1.165) is 22.9 Å². The Kier molecular flexibility index (Phi) is 5.33. The van der Waals surface area contributed by atoms with E-state index in [4.69, 9.17) is 5.73 Å². The van der Waals surface area contributed by atoms with Crippen LogP contribution in [-0.2, 0) is 4.79 Å². The van der Waals surface area contributed by atoms with Crippen molar-refractivity contribution in [1.29, 1.82) is 0 Å². The Morgan fingerprint density at radius 2 is 1.86 bits per heavy atom. The lowest BCUT2D eigenvalue weighted by molar-refractivity contribution is -0.114. The van der Waals surface area contributed by atoms with Crippen LogP contribution in [0.3, 0.4) is 0 Å². The van der Waals surface area contributed by atoms with E-state index in [-0.39, 0.29) is 11.6 Å². The Morgan fingerprint density at radius 1 is 1.18 bits per heavy atom. The molecule has 1 aliphatic rings. The molecule has 0 saturated carbocycles. The molecule has 0 aromatic heterocycles. The Balaban J connectivity index is 2.17. The van der Waals surface area contributed by atoms with Crippen molar-refractivity contribution in [2.45, 2.75) is 19.8 Å². The van der Waals surface area contributed by atoms with E-state index >= 15 is 0 Å². The van der Waals surface area contributed by atoms with Gasteiger partial charge >= 0.3 is 0 Å². The van der Waals surface area contributed by atoms with E-state index < -0.39 is 5.91 Å². The molecule has 0 bridgehead atoms. The van der Waals surface area contributed by atoms with Crippen molar-refractivity contribution >= 4 is 27.7 Å². The number of halogens is 1. The number of primary amides is 1. The first kappa shape index (κ1) is 16.2. The van der Waals surface area contributed by atoms with Crippen molar-refractivity contribution < 1.29 is 9.59 Å². The normalized spacial score (nSPS) is 14.9. The van der Waals surface area contributed by atoms with Gasteiger partial charge in [-0.05, 0) is 55.7 Å². The number of amides is 2. The second-order valence-electron chi connectivity index (χ2n) is 5.14. The van der Waals surface area contributed by atoms with Crippen LogP contribution in [-0.4, -0.2) is 11.8 Å². The van der Waals surface area contributed by atoms with E-state index in [1.807, 2.05) is 12.2 Å². The average molecular weight is 361 g/mol. The molecule has 4 nitrogen and oxygen atoms in total. The number of benzene rings is 1. The Labute approximate surface area is 137 Å². The fourth-order valence-corrected chi connectivity index (χ4v) is 2.29. The minimum atomic E-state index is -0.655. The van der Waals surface area contributed by atoms with E-state index in [2.05, 4.69) is 28.2 Å². The van der Waals surface area contributed by atoms with Crippen LogP contribution >= 0.6 is 15.9 Å². The minimum absolute atomic E-state index is 0.104. The zero-order chi connectivity index (χ0) is 16.1. The van der Waals surface area contributed by atoms with E-state index in [1.54, 1.807) is 30.3 Å². The lowest BCUT2D eigenvalue weighted by atomic mass is 9.98. The third-order valence-electron chi connectivity index (χ3n) is 3.34. The summed E-state index contributed by atoms with van der Waals surface area (Å²) in [5, 5.41) is 2.58. The highest BCUT2D eigenvalue weighted by Crippen LogP contribution is 2.19. The van der Waals surface area contributed by atoms with Gasteiger partial charge in [-0.3, -0.25) is 9.59 Å². The third kappa shape index (κ3) is 4.43. The lowest BCUT2D eigenvalue weighted by Crippen LogP contribution is -2.31. The van der Waals surface area contributed by atoms with Gasteiger partial charge in [0.2, 0.25) is 0 Å². The SMILES string of the molecule is CC1=CC=C(/C=C(/NC(=O)c2ccc(Br)cc2)C(N)=O)CC1. The van der Waals surface area contributed by atoms with Crippen LogP contribution in [0.5, 0.6) is 0 Å². The van der Waals surface area contributed by atoms with Crippen LogP contribution in [0.1, 0.15) is 30.1 Å². The highest BCUT2D eigenvalue weighted by atomic mass is 79.9. The first-order valence-electron chi connectivity index (χ1n) is 6.90. The zero-order valence-electron chi connectivity index (χ0n) is 12.2. The summed E-state index contributed by atoms with van der Waals surface area (Å²) in [7, 11) is 0. The number of hydrogen-bond acceptors (Lipinski definition) is 2. The van der Waals surface area contributed by atoms with Gasteiger partial charge in [-0.1, -0.05) is 33.7 Å². The standard InChI is InChI=1S/C17H17BrN2O2/c1-11-2-4-12(5-3-11)10-15(16(19)21)20-17(22)13-6-8-14(18)9-7-13/h2,4,6-10H,3,5H2,1H3,(H2,19,21)(H,20,22)/b15-10+. The quantitative estimate of drug-likeness (QED) is 0.809. The number of nitrogens with two attached hydrogens (primary N) is 1. The van der Waals surface area contributed by atoms with Crippen molar-refractivity contribution in [2.75, 3.05) is 0 Å².